The van der Waals surface area contributed by atoms with Crippen molar-refractivity contribution in [2.24, 2.45) is 5.92 Å². The second kappa shape index (κ2) is 7.82. The molecule has 158 valence electrons. The molecule has 3 aromatic rings. The van der Waals surface area contributed by atoms with Gasteiger partial charge in [0.25, 0.3) is 5.56 Å². The smallest absolute Gasteiger partial charge is 0.259 e. The molecule has 5 nitrogen and oxygen atoms in total. The molecular formula is C24H29N3O2S. The Kier molecular flexibility index (Phi) is 5.15. The Bertz CT molecular complexity index is 1110. The van der Waals surface area contributed by atoms with Gasteiger partial charge in [-0.05, 0) is 68.2 Å². The Labute approximate surface area is 181 Å². The number of H-pyrrole nitrogens is 1. The number of nitrogens with zero attached hydrogens (tertiary/aromatic N) is 2. The zero-order chi connectivity index (χ0) is 20.8. The molecule has 2 unspecified atom stereocenters. The van der Waals surface area contributed by atoms with E-state index in [1.54, 1.807) is 18.4 Å². The number of methoxy groups -OCH3 is 1. The molecule has 1 saturated carbocycles. The zero-order valence-corrected chi connectivity index (χ0v) is 18.7. The van der Waals surface area contributed by atoms with Gasteiger partial charge in [0.05, 0.1) is 18.5 Å². The molecule has 2 atom stereocenters. The summed E-state index contributed by atoms with van der Waals surface area (Å²) in [6, 6.07) is 8.88. The van der Waals surface area contributed by atoms with Gasteiger partial charge in [-0.2, -0.15) is 0 Å². The third kappa shape index (κ3) is 3.67. The van der Waals surface area contributed by atoms with E-state index in [9.17, 15) is 4.79 Å². The fraction of sp³-hybridized carbons (Fsp3) is 0.500. The highest BCUT2D eigenvalue weighted by molar-refractivity contribution is 7.18. The van der Waals surface area contributed by atoms with E-state index in [1.807, 2.05) is 12.1 Å². The van der Waals surface area contributed by atoms with Gasteiger partial charge in [0.15, 0.2) is 0 Å². The Morgan fingerprint density at radius 2 is 2.03 bits per heavy atom. The number of nitrogens with one attached hydrogen (secondary N) is 1. The molecule has 0 amide bonds. The van der Waals surface area contributed by atoms with Crippen LogP contribution in [-0.4, -0.2) is 28.0 Å². The summed E-state index contributed by atoms with van der Waals surface area (Å²) in [7, 11) is 1.69. The number of aromatic nitrogens is 2. The molecular weight excluding hydrogens is 394 g/mol. The molecule has 6 heteroatoms. The molecule has 0 aliphatic heterocycles. The average Bonchev–Trinajstić information content (AvgIpc) is 3.52. The number of thiophene rings is 1. The van der Waals surface area contributed by atoms with Gasteiger partial charge in [0.1, 0.15) is 16.4 Å². The van der Waals surface area contributed by atoms with Crippen molar-refractivity contribution in [1.29, 1.82) is 0 Å². The van der Waals surface area contributed by atoms with Crippen LogP contribution in [0.15, 0.2) is 29.1 Å². The SMILES string of the molecule is COc1ccc(CN(C2CC2)C(C)c2nc3sc4c(c3c(=O)[nH]2)CCC(C)C4)cc1. The molecule has 0 radical (unpaired) electrons. The molecule has 2 aliphatic rings. The van der Waals surface area contributed by atoms with E-state index in [-0.39, 0.29) is 11.6 Å². The summed E-state index contributed by atoms with van der Waals surface area (Å²) in [6.45, 7) is 5.31. The van der Waals surface area contributed by atoms with Crippen molar-refractivity contribution in [2.45, 2.75) is 64.6 Å². The van der Waals surface area contributed by atoms with Crippen molar-refractivity contribution >= 4 is 21.6 Å². The Balaban J connectivity index is 1.46. The van der Waals surface area contributed by atoms with Gasteiger partial charge in [0.2, 0.25) is 0 Å². The first-order valence-electron chi connectivity index (χ1n) is 11.0. The zero-order valence-electron chi connectivity index (χ0n) is 17.9. The van der Waals surface area contributed by atoms with Crippen molar-refractivity contribution in [3.63, 3.8) is 0 Å². The molecule has 2 aromatic heterocycles. The minimum absolute atomic E-state index is 0.0362. The summed E-state index contributed by atoms with van der Waals surface area (Å²) in [5.41, 5.74) is 2.53. The first-order valence-corrected chi connectivity index (χ1v) is 11.8. The largest absolute Gasteiger partial charge is 0.497 e. The van der Waals surface area contributed by atoms with Crippen molar-refractivity contribution in [3.8, 4) is 5.75 Å². The number of aromatic amines is 1. The van der Waals surface area contributed by atoms with Crippen LogP contribution in [0, 0.1) is 5.92 Å². The van der Waals surface area contributed by atoms with Crippen LogP contribution in [0.1, 0.15) is 61.0 Å². The molecule has 1 N–H and O–H groups in total. The van der Waals surface area contributed by atoms with E-state index in [1.165, 1.54) is 28.8 Å². The summed E-state index contributed by atoms with van der Waals surface area (Å²) in [4.78, 5) is 25.9. The molecule has 2 aliphatic carbocycles. The van der Waals surface area contributed by atoms with Crippen molar-refractivity contribution in [1.82, 2.24) is 14.9 Å². The van der Waals surface area contributed by atoms with Crippen LogP contribution in [0.2, 0.25) is 0 Å². The van der Waals surface area contributed by atoms with Crippen LogP contribution in [0.4, 0.5) is 0 Å². The van der Waals surface area contributed by atoms with E-state index in [4.69, 9.17) is 9.72 Å². The quantitative estimate of drug-likeness (QED) is 0.616. The lowest BCUT2D eigenvalue weighted by atomic mass is 9.89. The number of aryl methyl sites for hydroxylation is 1. The van der Waals surface area contributed by atoms with Gasteiger partial charge in [-0.1, -0.05) is 19.1 Å². The predicted octanol–water partition coefficient (Wildman–Crippen LogP) is 4.84. The maximum absolute atomic E-state index is 13.0. The molecule has 2 heterocycles. The Hall–Kier alpha value is -2.18. The lowest BCUT2D eigenvalue weighted by Crippen LogP contribution is -2.31. The van der Waals surface area contributed by atoms with Gasteiger partial charge >= 0.3 is 0 Å². The van der Waals surface area contributed by atoms with Crippen LogP contribution in [0.3, 0.4) is 0 Å². The molecule has 0 spiro atoms. The lowest BCUT2D eigenvalue weighted by Gasteiger charge is -2.28. The molecule has 1 aromatic carbocycles. The van der Waals surface area contributed by atoms with Crippen LogP contribution >= 0.6 is 11.3 Å². The van der Waals surface area contributed by atoms with Crippen molar-refractivity contribution in [3.05, 3.63) is 56.4 Å². The fourth-order valence-corrected chi connectivity index (χ4v) is 6.04. The van der Waals surface area contributed by atoms with Crippen LogP contribution in [0.25, 0.3) is 10.2 Å². The summed E-state index contributed by atoms with van der Waals surface area (Å²) in [5.74, 6) is 2.36. The fourth-order valence-electron chi connectivity index (χ4n) is 4.65. The number of hydrogen-bond donors (Lipinski definition) is 1. The third-order valence-corrected chi connectivity index (χ3v) is 7.77. The van der Waals surface area contributed by atoms with Crippen LogP contribution in [0.5, 0.6) is 5.75 Å². The van der Waals surface area contributed by atoms with E-state index < -0.39 is 0 Å². The maximum atomic E-state index is 13.0. The second-order valence-corrected chi connectivity index (χ2v) is 9.99. The van der Waals surface area contributed by atoms with E-state index in [0.29, 0.717) is 12.0 Å². The number of hydrogen-bond acceptors (Lipinski definition) is 5. The minimum atomic E-state index is 0.0362. The topological polar surface area (TPSA) is 58.2 Å². The van der Waals surface area contributed by atoms with Gasteiger partial charge in [-0.15, -0.1) is 11.3 Å². The van der Waals surface area contributed by atoms with Gasteiger partial charge in [0, 0.05) is 17.5 Å². The molecule has 30 heavy (non-hydrogen) atoms. The second-order valence-electron chi connectivity index (χ2n) is 8.91. The molecule has 5 rings (SSSR count). The summed E-state index contributed by atoms with van der Waals surface area (Å²) < 4.78 is 5.28. The standard InChI is InChI=1S/C24H29N3O2S/c1-14-4-11-19-20(12-14)30-24-21(19)23(28)25-22(26-24)15(2)27(17-7-8-17)13-16-5-9-18(29-3)10-6-16/h5-6,9-10,14-15,17H,4,7-8,11-13H2,1-3H3,(H,25,26,28). The average molecular weight is 424 g/mol. The van der Waals surface area contributed by atoms with E-state index in [2.05, 4.69) is 35.9 Å². The highest BCUT2D eigenvalue weighted by Gasteiger charge is 2.34. The van der Waals surface area contributed by atoms with Crippen LogP contribution in [-0.2, 0) is 19.4 Å². The number of ether oxygens (including phenoxy) is 1. The minimum Gasteiger partial charge on any atom is -0.497 e. The summed E-state index contributed by atoms with van der Waals surface area (Å²) >= 11 is 1.73. The number of fused-ring (bicyclic) bond motifs is 3. The highest BCUT2D eigenvalue weighted by atomic mass is 32.1. The Morgan fingerprint density at radius 1 is 1.27 bits per heavy atom. The van der Waals surface area contributed by atoms with Crippen molar-refractivity contribution < 1.29 is 4.74 Å². The molecule has 1 fully saturated rings. The monoisotopic (exact) mass is 423 g/mol. The normalized spacial score (nSPS) is 19.8. The summed E-state index contributed by atoms with van der Waals surface area (Å²) in [5, 5.41) is 0.839. The van der Waals surface area contributed by atoms with Crippen molar-refractivity contribution in [2.75, 3.05) is 7.11 Å². The van der Waals surface area contributed by atoms with Gasteiger partial charge in [-0.25, -0.2) is 4.98 Å². The summed E-state index contributed by atoms with van der Waals surface area (Å²) in [6.07, 6.45) is 5.65. The number of rotatable bonds is 6. The Morgan fingerprint density at radius 3 is 2.73 bits per heavy atom. The predicted molar refractivity (Wildman–Crippen MR) is 121 cm³/mol. The van der Waals surface area contributed by atoms with Gasteiger partial charge < -0.3 is 9.72 Å². The van der Waals surface area contributed by atoms with Crippen LogP contribution < -0.4 is 10.3 Å². The van der Waals surface area contributed by atoms with Gasteiger partial charge in [-0.3, -0.25) is 9.69 Å². The lowest BCUT2D eigenvalue weighted by molar-refractivity contribution is 0.183. The highest BCUT2D eigenvalue weighted by Crippen LogP contribution is 2.38. The first-order chi connectivity index (χ1) is 14.5. The molecule has 0 saturated heterocycles. The number of benzene rings is 1. The maximum Gasteiger partial charge on any atom is 0.259 e. The third-order valence-electron chi connectivity index (χ3n) is 6.62. The van der Waals surface area contributed by atoms with E-state index >= 15 is 0 Å². The van der Waals surface area contributed by atoms with E-state index in [0.717, 1.165) is 47.6 Å². The first kappa shape index (κ1) is 19.8. The molecule has 0 bridgehead atoms.